The van der Waals surface area contributed by atoms with Crippen LogP contribution in [-0.4, -0.2) is 143 Å². The van der Waals surface area contributed by atoms with Crippen molar-refractivity contribution in [3.63, 3.8) is 0 Å². The number of likely N-dealkylation sites (N-methyl/N-ethyl adjacent to an activating group) is 1. The second kappa shape index (κ2) is 23.3. The summed E-state index contributed by atoms with van der Waals surface area (Å²) in [7, 11) is -26.0. The number of aromatic nitrogens is 4. The summed E-state index contributed by atoms with van der Waals surface area (Å²) in [6, 6.07) is 9.16. The number of carbonyl (C=O) groups is 1. The standard InChI is InChI=1S/C46H61N8O20P3S2/c1-4-52-33-18-16-29(78(65,66)67)23-31(33)45(2)26-46(3)32-24-30(79(68,69)70)17-19-34(32)53(37(46)14-12-13-36(45)52)22-11-7-8-15-38(55)47-20-9-5-6-10-21-48-42-39-43(50-27-49-42)54(28-51-39)44-41(57)40(56)35(72-44)25-71-76(61,62)74-77(63,64)73-75(58,59)60/h12-14,16-19,23-24,27-28,35,40-41,44,56-57H,4-11,15,20-22,25-26H2,1-3H3,(H7-,47,48,49,50,55,58,59,60,61,62,63,64,65,66,67,68,69,70)/p+1/t35-,40-,41-,44-,45?,46?/m1/s1. The normalized spacial score (nSPS) is 24.5. The van der Waals surface area contributed by atoms with E-state index in [-0.39, 0.29) is 26.9 Å². The SMILES string of the molecule is CCN1C2=CC=CC3=[N+](CCCCCC(=O)NCCCCCCNc4ncnc5c4ncn5[C@@H]4O[C@H](COP(=O)(O)OP(=O)(O)OP(=O)(O)O)[C@@H](O)[C@H]4O)c4ccc(S(=O)(=O)O)cc4C3(C)CC2(C)c2cc(S(=O)(=O)O)ccc21. The van der Waals surface area contributed by atoms with Crippen molar-refractivity contribution in [2.24, 2.45) is 0 Å². The minimum absolute atomic E-state index is 0.0715. The van der Waals surface area contributed by atoms with Crippen molar-refractivity contribution in [2.45, 2.75) is 124 Å². The van der Waals surface area contributed by atoms with Gasteiger partial charge in [0.15, 0.2) is 28.9 Å². The molecule has 3 aliphatic heterocycles. The molecule has 2 aromatic carbocycles. The van der Waals surface area contributed by atoms with Gasteiger partial charge in [0, 0.05) is 67.0 Å². The van der Waals surface area contributed by atoms with Crippen molar-refractivity contribution in [3.05, 3.63) is 84.1 Å². The van der Waals surface area contributed by atoms with Crippen LogP contribution >= 0.6 is 23.5 Å². The molecule has 0 saturated carbocycles. The van der Waals surface area contributed by atoms with Crippen LogP contribution in [0, 0.1) is 0 Å². The van der Waals surface area contributed by atoms with E-state index in [0.717, 1.165) is 48.5 Å². The largest absolute Gasteiger partial charge is 0.490 e. The third-order valence-corrected chi connectivity index (χ3v) is 19.8. The molecule has 8 atom stereocenters. The van der Waals surface area contributed by atoms with E-state index in [0.29, 0.717) is 75.2 Å². The molecular weight excluding hydrogens is 1140 g/mol. The fourth-order valence-corrected chi connectivity index (χ4v) is 14.9. The summed E-state index contributed by atoms with van der Waals surface area (Å²) in [5, 5.41) is 27.5. The number of aliphatic hydroxyl groups excluding tert-OH is 2. The molecule has 4 aromatic rings. The van der Waals surface area contributed by atoms with Crippen LogP contribution in [0.5, 0.6) is 0 Å². The van der Waals surface area contributed by atoms with Gasteiger partial charge in [0.25, 0.3) is 20.2 Å². The minimum Gasteiger partial charge on any atom is -0.387 e. The number of benzene rings is 2. The number of ether oxygens (including phenoxy) is 1. The molecule has 10 N–H and O–H groups in total. The predicted molar refractivity (Wildman–Crippen MR) is 281 cm³/mol. The zero-order valence-corrected chi connectivity index (χ0v) is 47.2. The Kier molecular flexibility index (Phi) is 17.8. The van der Waals surface area contributed by atoms with Gasteiger partial charge in [0.05, 0.1) is 28.1 Å². The van der Waals surface area contributed by atoms with Crippen molar-refractivity contribution in [1.29, 1.82) is 0 Å². The molecule has 1 amide bonds. The van der Waals surface area contributed by atoms with Gasteiger partial charge < -0.3 is 50.1 Å². The summed E-state index contributed by atoms with van der Waals surface area (Å²) in [6.07, 6.45) is 8.01. The molecule has 33 heteroatoms. The van der Waals surface area contributed by atoms with Crippen LogP contribution in [0.15, 0.2) is 82.8 Å². The molecule has 2 aromatic heterocycles. The molecule has 8 rings (SSSR count). The molecular formula is C46H62N8O20P3S2+. The van der Waals surface area contributed by atoms with Gasteiger partial charge in [-0.1, -0.05) is 18.9 Å². The van der Waals surface area contributed by atoms with Gasteiger partial charge in [0.2, 0.25) is 11.6 Å². The molecule has 28 nitrogen and oxygen atoms in total. The number of unbranched alkanes of at least 4 members (excludes halogenated alkanes) is 5. The number of aliphatic hydroxyl groups is 2. The van der Waals surface area contributed by atoms with Crippen LogP contribution in [0.3, 0.4) is 0 Å². The molecule has 0 radical (unpaired) electrons. The van der Waals surface area contributed by atoms with E-state index in [4.69, 9.17) is 14.5 Å². The lowest BCUT2D eigenvalue weighted by atomic mass is 9.64. The number of fused-ring (bicyclic) bond motifs is 7. The average molecular weight is 1200 g/mol. The van der Waals surface area contributed by atoms with Gasteiger partial charge in [-0.25, -0.2) is 28.6 Å². The predicted octanol–water partition coefficient (Wildman–Crippen LogP) is 4.63. The lowest BCUT2D eigenvalue weighted by Crippen LogP contribution is -2.41. The zero-order valence-electron chi connectivity index (χ0n) is 42.9. The van der Waals surface area contributed by atoms with Crippen molar-refractivity contribution < 1.29 is 96.7 Å². The number of hydrogen-bond acceptors (Lipinski definition) is 19. The maximum Gasteiger partial charge on any atom is 0.490 e. The summed E-state index contributed by atoms with van der Waals surface area (Å²) in [6.45, 7) is 7.13. The molecule has 4 unspecified atom stereocenters. The topological polar surface area (TPSA) is 409 Å². The monoisotopic (exact) mass is 1200 g/mol. The van der Waals surface area contributed by atoms with E-state index < -0.39 is 85.7 Å². The van der Waals surface area contributed by atoms with E-state index >= 15 is 0 Å². The fourth-order valence-electron chi connectivity index (χ4n) is 10.9. The van der Waals surface area contributed by atoms with Crippen LogP contribution in [0.2, 0.25) is 0 Å². The first kappa shape index (κ1) is 60.4. The van der Waals surface area contributed by atoms with Crippen LogP contribution in [0.4, 0.5) is 17.2 Å². The van der Waals surface area contributed by atoms with E-state index in [1.54, 1.807) is 12.1 Å². The Morgan fingerprint density at radius 3 is 2.19 bits per heavy atom. The van der Waals surface area contributed by atoms with Gasteiger partial charge in [-0.15, -0.1) is 0 Å². The third kappa shape index (κ3) is 13.3. The third-order valence-electron chi connectivity index (χ3n) is 14.3. The number of nitrogens with zero attached hydrogens (tertiary/aromatic N) is 6. The number of nitrogens with one attached hydrogen (secondary N) is 2. The molecule has 1 fully saturated rings. The number of phosphoric acid groups is 3. The van der Waals surface area contributed by atoms with Crippen molar-refractivity contribution in [1.82, 2.24) is 24.8 Å². The van der Waals surface area contributed by atoms with Crippen LogP contribution in [0.1, 0.15) is 95.9 Å². The van der Waals surface area contributed by atoms with Crippen LogP contribution < -0.4 is 15.5 Å². The molecule has 1 saturated heterocycles. The lowest BCUT2D eigenvalue weighted by molar-refractivity contribution is -0.438. The molecule has 0 bridgehead atoms. The van der Waals surface area contributed by atoms with E-state index in [9.17, 15) is 64.4 Å². The second-order valence-electron chi connectivity index (χ2n) is 19.8. The van der Waals surface area contributed by atoms with Gasteiger partial charge in [-0.3, -0.25) is 23.0 Å². The average Bonchev–Trinajstić information content (AvgIpc) is 3.85. The summed E-state index contributed by atoms with van der Waals surface area (Å²) < 4.78 is 126. The Balaban J connectivity index is 0.788. The van der Waals surface area contributed by atoms with Gasteiger partial charge in [-0.2, -0.15) is 30.0 Å². The number of imidazole rings is 1. The summed E-state index contributed by atoms with van der Waals surface area (Å²) in [5.41, 5.74) is 3.60. The molecule has 0 spiro atoms. The molecule has 5 heterocycles. The highest BCUT2D eigenvalue weighted by Gasteiger charge is 2.56. The number of phosphoric ester groups is 1. The maximum atomic E-state index is 12.9. The second-order valence-corrected chi connectivity index (χ2v) is 27.1. The Labute approximate surface area is 454 Å². The smallest absolute Gasteiger partial charge is 0.387 e. The highest BCUT2D eigenvalue weighted by Crippen LogP contribution is 2.66. The fraction of sp³-hybridized carbons (Fsp3) is 0.500. The van der Waals surface area contributed by atoms with E-state index in [1.807, 2.05) is 39.0 Å². The lowest BCUT2D eigenvalue weighted by Gasteiger charge is -2.37. The number of amides is 1. The number of carbonyl (C=O) groups excluding carboxylic acids is 1. The quantitative estimate of drug-likeness (QED) is 0.0187. The van der Waals surface area contributed by atoms with Crippen LogP contribution in [-0.2, 0) is 67.4 Å². The Bertz CT molecular complexity index is 3490. The van der Waals surface area contributed by atoms with Crippen molar-refractivity contribution in [3.8, 4) is 0 Å². The molecule has 4 aliphatic rings. The summed E-state index contributed by atoms with van der Waals surface area (Å²) >= 11 is 0. The van der Waals surface area contributed by atoms with E-state index in [2.05, 4.69) is 48.2 Å². The molecule has 79 heavy (non-hydrogen) atoms. The van der Waals surface area contributed by atoms with E-state index in [1.165, 1.54) is 41.5 Å². The first-order valence-corrected chi connectivity index (χ1v) is 32.4. The Hall–Kier alpha value is -4.68. The zero-order chi connectivity index (χ0) is 57.5. The van der Waals surface area contributed by atoms with Gasteiger partial charge >= 0.3 is 23.5 Å². The summed E-state index contributed by atoms with van der Waals surface area (Å²) in [5.74, 6) is 0.282. The minimum atomic E-state index is -5.79. The highest BCUT2D eigenvalue weighted by atomic mass is 32.2. The van der Waals surface area contributed by atoms with Gasteiger partial charge in [-0.05, 0) is 94.8 Å². The van der Waals surface area contributed by atoms with Gasteiger partial charge in [0.1, 0.15) is 31.2 Å². The molecule has 432 valence electrons. The Morgan fingerprint density at radius 2 is 1.51 bits per heavy atom. The van der Waals surface area contributed by atoms with Crippen molar-refractivity contribution >= 4 is 83.7 Å². The summed E-state index contributed by atoms with van der Waals surface area (Å²) in [4.78, 5) is 63.9. The maximum absolute atomic E-state index is 12.9. The van der Waals surface area contributed by atoms with Crippen molar-refractivity contribution in [2.75, 3.05) is 43.0 Å². The highest BCUT2D eigenvalue weighted by molar-refractivity contribution is 7.86. The Morgan fingerprint density at radius 1 is 0.835 bits per heavy atom. The number of hydrogen-bond donors (Lipinski definition) is 10. The number of allylic oxidation sites excluding steroid dienone is 4. The molecule has 1 aliphatic carbocycles. The number of anilines is 2. The van der Waals surface area contributed by atoms with Crippen LogP contribution in [0.25, 0.3) is 11.2 Å². The number of rotatable bonds is 25. The first-order valence-electron chi connectivity index (χ1n) is 25.0. The first-order chi connectivity index (χ1) is 37.0.